The smallest absolute Gasteiger partial charge is 0.306 e. The Morgan fingerprint density at radius 3 is 2.23 bits per heavy atom. The molecular weight excluding hydrogens is 382 g/mol. The van der Waals surface area contributed by atoms with Crippen LogP contribution in [0.3, 0.4) is 0 Å². The number of amides is 1. The molecule has 0 heterocycles. The second-order valence-electron chi connectivity index (χ2n) is 7.94. The number of anilines is 1. The highest BCUT2D eigenvalue weighted by molar-refractivity contribution is 6.28. The molecule has 6 heteroatoms. The minimum atomic E-state index is -0.951. The van der Waals surface area contributed by atoms with Gasteiger partial charge in [-0.05, 0) is 43.9 Å². The first-order chi connectivity index (χ1) is 14.4. The zero-order valence-electron chi connectivity index (χ0n) is 16.8. The van der Waals surface area contributed by atoms with Gasteiger partial charge in [0, 0.05) is 34.4 Å². The minimum absolute atomic E-state index is 0.215. The summed E-state index contributed by atoms with van der Waals surface area (Å²) in [5, 5.41) is 2.67. The van der Waals surface area contributed by atoms with Gasteiger partial charge in [-0.3, -0.25) is 19.2 Å². The molecule has 1 fully saturated rings. The Bertz CT molecular complexity index is 1040. The number of fused-ring (bicyclic) bond motifs is 2. The van der Waals surface area contributed by atoms with E-state index in [1.165, 1.54) is 19.1 Å². The van der Waals surface area contributed by atoms with Crippen molar-refractivity contribution in [3.63, 3.8) is 0 Å². The van der Waals surface area contributed by atoms with Gasteiger partial charge < -0.3 is 10.1 Å². The summed E-state index contributed by atoms with van der Waals surface area (Å²) in [7, 11) is 0. The summed E-state index contributed by atoms with van der Waals surface area (Å²) in [6.45, 7) is 1.52. The van der Waals surface area contributed by atoms with Crippen molar-refractivity contribution in [2.75, 3.05) is 5.32 Å². The summed E-state index contributed by atoms with van der Waals surface area (Å²) >= 11 is 0. The third kappa shape index (κ3) is 3.90. The van der Waals surface area contributed by atoms with Crippen LogP contribution in [0.25, 0.3) is 0 Å². The van der Waals surface area contributed by atoms with Gasteiger partial charge in [0.05, 0.1) is 0 Å². The van der Waals surface area contributed by atoms with Gasteiger partial charge in [0.1, 0.15) is 0 Å². The fourth-order valence-corrected chi connectivity index (χ4v) is 4.17. The first-order valence-electron chi connectivity index (χ1n) is 10.3. The topological polar surface area (TPSA) is 89.5 Å². The van der Waals surface area contributed by atoms with E-state index in [1.807, 2.05) is 0 Å². The number of benzene rings is 2. The SMILES string of the molecule is CC(OC(=O)CC1CCCC1)C(=O)Nc1ccc2c(c1)C(=O)c1ccccc1C2=O. The van der Waals surface area contributed by atoms with Gasteiger partial charge in [-0.2, -0.15) is 0 Å². The third-order valence-electron chi connectivity index (χ3n) is 5.80. The predicted octanol–water partition coefficient (Wildman–Crippen LogP) is 3.91. The summed E-state index contributed by atoms with van der Waals surface area (Å²) in [6.07, 6.45) is 3.72. The van der Waals surface area contributed by atoms with Crippen molar-refractivity contribution >= 4 is 29.1 Å². The van der Waals surface area contributed by atoms with Crippen molar-refractivity contribution in [2.45, 2.75) is 45.1 Å². The van der Waals surface area contributed by atoms with E-state index in [1.54, 1.807) is 30.3 Å². The Hall–Kier alpha value is -3.28. The highest BCUT2D eigenvalue weighted by Gasteiger charge is 2.30. The van der Waals surface area contributed by atoms with E-state index in [-0.39, 0.29) is 23.1 Å². The van der Waals surface area contributed by atoms with Crippen LogP contribution in [0.1, 0.15) is 70.9 Å². The highest BCUT2D eigenvalue weighted by atomic mass is 16.5. The van der Waals surface area contributed by atoms with Gasteiger partial charge in [-0.1, -0.05) is 37.1 Å². The quantitative estimate of drug-likeness (QED) is 0.650. The van der Waals surface area contributed by atoms with Crippen LogP contribution in [0.2, 0.25) is 0 Å². The van der Waals surface area contributed by atoms with Crippen molar-refractivity contribution in [2.24, 2.45) is 5.92 Å². The molecule has 154 valence electrons. The predicted molar refractivity (Wildman–Crippen MR) is 111 cm³/mol. The van der Waals surface area contributed by atoms with Crippen molar-refractivity contribution in [1.82, 2.24) is 0 Å². The molecule has 0 saturated heterocycles. The van der Waals surface area contributed by atoms with Crippen LogP contribution in [0, 0.1) is 5.92 Å². The lowest BCUT2D eigenvalue weighted by Gasteiger charge is -2.19. The average molecular weight is 405 g/mol. The molecule has 1 atom stereocenters. The summed E-state index contributed by atoms with van der Waals surface area (Å²) in [5.41, 5.74) is 1.68. The zero-order chi connectivity index (χ0) is 21.3. The molecule has 1 saturated carbocycles. The lowest BCUT2D eigenvalue weighted by atomic mass is 9.84. The fourth-order valence-electron chi connectivity index (χ4n) is 4.17. The summed E-state index contributed by atoms with van der Waals surface area (Å²) in [4.78, 5) is 50.0. The van der Waals surface area contributed by atoms with E-state index in [0.717, 1.165) is 25.7 Å². The normalized spacial score (nSPS) is 16.6. The third-order valence-corrected chi connectivity index (χ3v) is 5.80. The molecule has 2 aliphatic carbocycles. The number of carbonyl (C=O) groups excluding carboxylic acids is 4. The lowest BCUT2D eigenvalue weighted by Crippen LogP contribution is -2.30. The first-order valence-corrected chi connectivity index (χ1v) is 10.3. The Morgan fingerprint density at radius 1 is 0.967 bits per heavy atom. The molecule has 2 aromatic carbocycles. The number of esters is 1. The maximum atomic E-state index is 12.8. The summed E-state index contributed by atoms with van der Waals surface area (Å²) < 4.78 is 5.27. The molecule has 1 amide bonds. The Labute approximate surface area is 174 Å². The van der Waals surface area contributed by atoms with E-state index in [2.05, 4.69) is 5.32 Å². The zero-order valence-corrected chi connectivity index (χ0v) is 16.8. The van der Waals surface area contributed by atoms with Crippen molar-refractivity contribution in [3.8, 4) is 0 Å². The second kappa shape index (κ2) is 8.22. The van der Waals surface area contributed by atoms with Gasteiger partial charge in [-0.25, -0.2) is 0 Å². The molecule has 0 aromatic heterocycles. The number of hydrogen-bond donors (Lipinski definition) is 1. The molecular formula is C24H23NO5. The number of nitrogens with one attached hydrogen (secondary N) is 1. The standard InChI is InChI=1S/C24H23NO5/c1-14(30-21(26)12-15-6-2-3-7-15)24(29)25-16-10-11-19-20(13-16)23(28)18-9-5-4-8-17(18)22(19)27/h4-5,8-11,13-15H,2-3,6-7,12H2,1H3,(H,25,29). The number of hydrogen-bond acceptors (Lipinski definition) is 5. The second-order valence-corrected chi connectivity index (χ2v) is 7.94. The van der Waals surface area contributed by atoms with E-state index in [4.69, 9.17) is 4.74 Å². The molecule has 1 N–H and O–H groups in total. The summed E-state index contributed by atoms with van der Waals surface area (Å²) in [5.74, 6) is -0.975. The molecule has 0 aliphatic heterocycles. The van der Waals surface area contributed by atoms with E-state index < -0.39 is 12.0 Å². The van der Waals surface area contributed by atoms with Crippen LogP contribution in [0.15, 0.2) is 42.5 Å². The lowest BCUT2D eigenvalue weighted by molar-refractivity contribution is -0.154. The fraction of sp³-hybridized carbons (Fsp3) is 0.333. The number of ketones is 2. The van der Waals surface area contributed by atoms with Crippen LogP contribution in [-0.2, 0) is 14.3 Å². The van der Waals surface area contributed by atoms with Crippen molar-refractivity contribution < 1.29 is 23.9 Å². The molecule has 0 bridgehead atoms. The van der Waals surface area contributed by atoms with Crippen LogP contribution >= 0.6 is 0 Å². The van der Waals surface area contributed by atoms with E-state index in [0.29, 0.717) is 34.7 Å². The van der Waals surface area contributed by atoms with Gasteiger partial charge >= 0.3 is 5.97 Å². The van der Waals surface area contributed by atoms with Crippen LogP contribution in [-0.4, -0.2) is 29.5 Å². The Balaban J connectivity index is 1.44. The molecule has 2 aromatic rings. The Morgan fingerprint density at radius 2 is 1.57 bits per heavy atom. The maximum Gasteiger partial charge on any atom is 0.306 e. The molecule has 2 aliphatic rings. The largest absolute Gasteiger partial charge is 0.453 e. The molecule has 1 unspecified atom stereocenters. The highest BCUT2D eigenvalue weighted by Crippen LogP contribution is 2.30. The molecule has 0 radical (unpaired) electrons. The Kier molecular flexibility index (Phi) is 5.48. The molecule has 0 spiro atoms. The van der Waals surface area contributed by atoms with E-state index >= 15 is 0 Å². The molecule has 4 rings (SSSR count). The average Bonchev–Trinajstić information content (AvgIpc) is 3.24. The minimum Gasteiger partial charge on any atom is -0.453 e. The maximum absolute atomic E-state index is 12.8. The van der Waals surface area contributed by atoms with Crippen molar-refractivity contribution in [3.05, 3.63) is 64.7 Å². The van der Waals surface area contributed by atoms with E-state index in [9.17, 15) is 19.2 Å². The van der Waals surface area contributed by atoms with Crippen LogP contribution in [0.5, 0.6) is 0 Å². The first kappa shape index (κ1) is 20.0. The number of carbonyl (C=O) groups is 4. The van der Waals surface area contributed by atoms with Gasteiger partial charge in [0.2, 0.25) is 0 Å². The van der Waals surface area contributed by atoms with Crippen LogP contribution < -0.4 is 5.32 Å². The van der Waals surface area contributed by atoms with Gasteiger partial charge in [0.25, 0.3) is 5.91 Å². The number of rotatable bonds is 5. The van der Waals surface area contributed by atoms with Gasteiger partial charge in [0.15, 0.2) is 17.7 Å². The summed E-state index contributed by atoms with van der Waals surface area (Å²) in [6, 6.07) is 11.3. The van der Waals surface area contributed by atoms with Crippen molar-refractivity contribution in [1.29, 1.82) is 0 Å². The monoisotopic (exact) mass is 405 g/mol. The molecule has 30 heavy (non-hydrogen) atoms. The van der Waals surface area contributed by atoms with Gasteiger partial charge in [-0.15, -0.1) is 0 Å². The van der Waals surface area contributed by atoms with Crippen LogP contribution in [0.4, 0.5) is 5.69 Å². The number of ether oxygens (including phenoxy) is 1. The molecule has 6 nitrogen and oxygen atoms in total.